The fourth-order valence-electron chi connectivity index (χ4n) is 4.25. The van der Waals surface area contributed by atoms with E-state index in [-0.39, 0.29) is 11.9 Å². The molecule has 1 aliphatic rings. The predicted molar refractivity (Wildman–Crippen MR) is 113 cm³/mol. The third-order valence-electron chi connectivity index (χ3n) is 5.62. The molecular formula is C24H27N3O2. The van der Waals surface area contributed by atoms with Crippen LogP contribution in [-0.2, 0) is 6.42 Å². The minimum Gasteiger partial charge on any atom is -0.366 e. The summed E-state index contributed by atoms with van der Waals surface area (Å²) in [6, 6.07) is 13.1. The van der Waals surface area contributed by atoms with Crippen LogP contribution >= 0.6 is 0 Å². The molecule has 0 spiro atoms. The number of hydrogen-bond acceptors (Lipinski definition) is 3. The van der Waals surface area contributed by atoms with E-state index in [1.807, 2.05) is 17.0 Å². The van der Waals surface area contributed by atoms with E-state index in [9.17, 15) is 14.9 Å². The van der Waals surface area contributed by atoms with Crippen molar-refractivity contribution in [3.05, 3.63) is 58.7 Å². The summed E-state index contributed by atoms with van der Waals surface area (Å²) in [5, 5.41) is 9.20. The largest absolute Gasteiger partial charge is 0.366 e. The van der Waals surface area contributed by atoms with E-state index < -0.39 is 5.91 Å². The van der Waals surface area contributed by atoms with Gasteiger partial charge in [0.05, 0.1) is 11.6 Å². The molecule has 150 valence electrons. The highest BCUT2D eigenvalue weighted by atomic mass is 16.2. The first-order chi connectivity index (χ1) is 14.0. The van der Waals surface area contributed by atoms with Gasteiger partial charge in [0.25, 0.3) is 5.91 Å². The summed E-state index contributed by atoms with van der Waals surface area (Å²) < 4.78 is 0. The highest BCUT2D eigenvalue weighted by molar-refractivity contribution is 6.04. The molecule has 29 heavy (non-hydrogen) atoms. The lowest BCUT2D eigenvalue weighted by atomic mass is 9.88. The molecule has 1 aliphatic heterocycles. The summed E-state index contributed by atoms with van der Waals surface area (Å²) in [5.41, 5.74) is 9.40. The Morgan fingerprint density at radius 2 is 1.90 bits per heavy atom. The first kappa shape index (κ1) is 20.6. The van der Waals surface area contributed by atoms with Gasteiger partial charge in [-0.15, -0.1) is 0 Å². The van der Waals surface area contributed by atoms with Gasteiger partial charge in [-0.1, -0.05) is 38.8 Å². The highest BCUT2D eigenvalue weighted by Gasteiger charge is 2.32. The minimum atomic E-state index is -0.528. The van der Waals surface area contributed by atoms with Crippen molar-refractivity contribution in [1.82, 2.24) is 4.90 Å². The van der Waals surface area contributed by atoms with Crippen LogP contribution < -0.4 is 5.73 Å². The van der Waals surface area contributed by atoms with Crippen molar-refractivity contribution in [2.45, 2.75) is 52.0 Å². The topological polar surface area (TPSA) is 87.2 Å². The molecule has 2 amide bonds. The Kier molecular flexibility index (Phi) is 6.33. The number of hydrogen-bond donors (Lipinski definition) is 1. The SMILES string of the molecule is CCCC(CCC)N1CCc2c(C(N)=O)cc(-c3cccc(C#N)c3)cc2C1=O. The van der Waals surface area contributed by atoms with Crippen LogP contribution in [0.2, 0.25) is 0 Å². The summed E-state index contributed by atoms with van der Waals surface area (Å²) in [6.07, 6.45) is 4.62. The van der Waals surface area contributed by atoms with Gasteiger partial charge < -0.3 is 10.6 Å². The molecule has 0 bridgehead atoms. The molecule has 2 aromatic carbocycles. The number of benzene rings is 2. The van der Waals surface area contributed by atoms with E-state index in [1.54, 1.807) is 24.3 Å². The van der Waals surface area contributed by atoms with Crippen molar-refractivity contribution in [1.29, 1.82) is 5.26 Å². The van der Waals surface area contributed by atoms with E-state index in [0.717, 1.165) is 42.4 Å². The van der Waals surface area contributed by atoms with Crippen LogP contribution in [0.4, 0.5) is 0 Å². The van der Waals surface area contributed by atoms with E-state index in [2.05, 4.69) is 19.9 Å². The molecule has 0 radical (unpaired) electrons. The van der Waals surface area contributed by atoms with E-state index >= 15 is 0 Å². The van der Waals surface area contributed by atoms with Gasteiger partial charge in [0.2, 0.25) is 5.91 Å². The van der Waals surface area contributed by atoms with Crippen molar-refractivity contribution < 1.29 is 9.59 Å². The molecule has 2 aromatic rings. The van der Waals surface area contributed by atoms with Gasteiger partial charge in [0, 0.05) is 23.7 Å². The molecule has 5 nitrogen and oxygen atoms in total. The molecule has 0 atom stereocenters. The second kappa shape index (κ2) is 8.91. The van der Waals surface area contributed by atoms with Gasteiger partial charge in [-0.2, -0.15) is 5.26 Å². The van der Waals surface area contributed by atoms with Crippen LogP contribution in [0.5, 0.6) is 0 Å². The average Bonchev–Trinajstić information content (AvgIpc) is 2.73. The maximum atomic E-state index is 13.4. The lowest BCUT2D eigenvalue weighted by Gasteiger charge is -2.36. The average molecular weight is 389 g/mol. The summed E-state index contributed by atoms with van der Waals surface area (Å²) in [4.78, 5) is 27.5. The monoisotopic (exact) mass is 389 g/mol. The Morgan fingerprint density at radius 3 is 2.52 bits per heavy atom. The number of nitriles is 1. The number of carbonyl (C=O) groups is 2. The van der Waals surface area contributed by atoms with E-state index in [4.69, 9.17) is 5.73 Å². The predicted octanol–water partition coefficient (Wildman–Crippen LogP) is 4.29. The van der Waals surface area contributed by atoms with Crippen LogP contribution in [0.1, 0.15) is 71.4 Å². The maximum absolute atomic E-state index is 13.4. The minimum absolute atomic E-state index is 0.0288. The van der Waals surface area contributed by atoms with Crippen LogP contribution in [0.3, 0.4) is 0 Å². The van der Waals surface area contributed by atoms with Crippen molar-refractivity contribution >= 4 is 11.8 Å². The number of primary amides is 1. The Labute approximate surface area is 172 Å². The maximum Gasteiger partial charge on any atom is 0.254 e. The van der Waals surface area contributed by atoms with Crippen LogP contribution in [0.15, 0.2) is 36.4 Å². The molecule has 0 saturated carbocycles. The number of amides is 2. The lowest BCUT2D eigenvalue weighted by Crippen LogP contribution is -2.45. The van der Waals surface area contributed by atoms with Crippen molar-refractivity contribution in [2.24, 2.45) is 5.73 Å². The first-order valence-electron chi connectivity index (χ1n) is 10.3. The molecule has 0 aromatic heterocycles. The number of nitrogens with zero attached hydrogens (tertiary/aromatic N) is 2. The zero-order chi connectivity index (χ0) is 21.0. The molecule has 0 fully saturated rings. The lowest BCUT2D eigenvalue weighted by molar-refractivity contribution is 0.0637. The van der Waals surface area contributed by atoms with Gasteiger partial charge in [-0.05, 0) is 60.2 Å². The van der Waals surface area contributed by atoms with Gasteiger partial charge in [-0.3, -0.25) is 9.59 Å². The van der Waals surface area contributed by atoms with Gasteiger partial charge in [0.1, 0.15) is 0 Å². The number of carbonyl (C=O) groups excluding carboxylic acids is 2. The van der Waals surface area contributed by atoms with Crippen LogP contribution in [-0.4, -0.2) is 29.3 Å². The van der Waals surface area contributed by atoms with E-state index in [1.165, 1.54) is 0 Å². The molecule has 0 unspecified atom stereocenters. The number of fused-ring (bicyclic) bond motifs is 1. The van der Waals surface area contributed by atoms with Crippen LogP contribution in [0, 0.1) is 11.3 Å². The molecule has 5 heteroatoms. The summed E-state index contributed by atoms with van der Waals surface area (Å²) >= 11 is 0. The molecular weight excluding hydrogens is 362 g/mol. The molecule has 0 saturated heterocycles. The normalized spacial score (nSPS) is 13.3. The fraction of sp³-hybridized carbons (Fsp3) is 0.375. The second-order valence-corrected chi connectivity index (χ2v) is 7.59. The number of nitrogens with two attached hydrogens (primary N) is 1. The van der Waals surface area contributed by atoms with Gasteiger partial charge >= 0.3 is 0 Å². The molecule has 2 N–H and O–H groups in total. The Balaban J connectivity index is 2.10. The van der Waals surface area contributed by atoms with Gasteiger partial charge in [0.15, 0.2) is 0 Å². The van der Waals surface area contributed by atoms with Crippen molar-refractivity contribution in [2.75, 3.05) is 6.54 Å². The molecule has 3 rings (SSSR count). The third-order valence-corrected chi connectivity index (χ3v) is 5.62. The summed E-state index contributed by atoms with van der Waals surface area (Å²) in [5.74, 6) is -0.557. The van der Waals surface area contributed by atoms with Crippen molar-refractivity contribution in [3.63, 3.8) is 0 Å². The van der Waals surface area contributed by atoms with Gasteiger partial charge in [-0.25, -0.2) is 0 Å². The first-order valence-corrected chi connectivity index (χ1v) is 10.3. The quantitative estimate of drug-likeness (QED) is 0.766. The Bertz CT molecular complexity index is 969. The molecule has 0 aliphatic carbocycles. The standard InChI is InChI=1S/C24H27N3O2/c1-3-6-19(7-4-2)27-11-10-20-21(23(26)28)13-18(14-22(20)24(27)29)17-9-5-8-16(12-17)15-25/h5,8-9,12-14,19H,3-4,6-7,10-11H2,1-2H3,(H2,26,28). The van der Waals surface area contributed by atoms with Crippen molar-refractivity contribution in [3.8, 4) is 17.2 Å². The Morgan fingerprint density at radius 1 is 1.17 bits per heavy atom. The fourth-order valence-corrected chi connectivity index (χ4v) is 4.25. The Hall–Kier alpha value is -3.13. The highest BCUT2D eigenvalue weighted by Crippen LogP contribution is 2.31. The zero-order valence-corrected chi connectivity index (χ0v) is 17.1. The zero-order valence-electron chi connectivity index (χ0n) is 17.1. The smallest absolute Gasteiger partial charge is 0.254 e. The summed E-state index contributed by atoms with van der Waals surface area (Å²) in [6.45, 7) is 4.88. The number of rotatable bonds is 7. The molecule has 1 heterocycles. The van der Waals surface area contributed by atoms with Crippen LogP contribution in [0.25, 0.3) is 11.1 Å². The van der Waals surface area contributed by atoms with E-state index in [0.29, 0.717) is 29.7 Å². The third kappa shape index (κ3) is 4.17. The summed E-state index contributed by atoms with van der Waals surface area (Å²) in [7, 11) is 0. The second-order valence-electron chi connectivity index (χ2n) is 7.59.